The standard InChI is InChI=1S/C19H14N2O5/c22-12-5-3-4-11(8-12)17-9-15(20-26-17)18(23)21-10-14(19(24)25)13-6-1-2-7-16(13)21/h1-9,14,22H,10H2,(H,24,25). The monoisotopic (exact) mass is 350 g/mol. The van der Waals surface area contributed by atoms with Crippen molar-refractivity contribution >= 4 is 17.6 Å². The number of phenols is 1. The molecule has 0 bridgehead atoms. The van der Waals surface area contributed by atoms with Gasteiger partial charge >= 0.3 is 5.97 Å². The average Bonchev–Trinajstić information content (AvgIpc) is 3.26. The highest BCUT2D eigenvalue weighted by Crippen LogP contribution is 2.37. The Bertz CT molecular complexity index is 1010. The first kappa shape index (κ1) is 15.9. The SMILES string of the molecule is O=C(O)C1CN(C(=O)c2cc(-c3cccc(O)c3)on2)c2ccccc21. The number of carboxylic acid groups (broad SMARTS) is 1. The van der Waals surface area contributed by atoms with Gasteiger partial charge in [-0.05, 0) is 23.8 Å². The zero-order chi connectivity index (χ0) is 18.3. The van der Waals surface area contributed by atoms with Gasteiger partial charge in [-0.3, -0.25) is 9.59 Å². The van der Waals surface area contributed by atoms with Crippen LogP contribution in [0.2, 0.25) is 0 Å². The summed E-state index contributed by atoms with van der Waals surface area (Å²) in [5, 5.41) is 22.8. The van der Waals surface area contributed by atoms with E-state index < -0.39 is 17.8 Å². The number of carbonyl (C=O) groups is 2. The molecule has 7 nitrogen and oxygen atoms in total. The molecule has 2 N–H and O–H groups in total. The summed E-state index contributed by atoms with van der Waals surface area (Å²) >= 11 is 0. The lowest BCUT2D eigenvalue weighted by atomic mass is 10.0. The van der Waals surface area contributed by atoms with E-state index in [1.165, 1.54) is 23.1 Å². The number of para-hydroxylation sites is 1. The van der Waals surface area contributed by atoms with Crippen LogP contribution >= 0.6 is 0 Å². The third-order valence-electron chi connectivity index (χ3n) is 4.37. The second-order valence-corrected chi connectivity index (χ2v) is 5.99. The number of aromatic nitrogens is 1. The van der Waals surface area contributed by atoms with Crippen LogP contribution in [0.25, 0.3) is 11.3 Å². The van der Waals surface area contributed by atoms with Gasteiger partial charge in [-0.1, -0.05) is 35.5 Å². The first-order valence-electron chi connectivity index (χ1n) is 7.94. The third kappa shape index (κ3) is 2.59. The van der Waals surface area contributed by atoms with Crippen LogP contribution in [0.15, 0.2) is 59.1 Å². The van der Waals surface area contributed by atoms with Gasteiger partial charge in [0.25, 0.3) is 5.91 Å². The number of hydrogen-bond donors (Lipinski definition) is 2. The number of benzene rings is 2. The lowest BCUT2D eigenvalue weighted by Crippen LogP contribution is -2.31. The molecule has 1 aromatic heterocycles. The van der Waals surface area contributed by atoms with Crippen LogP contribution in [0.1, 0.15) is 22.0 Å². The second-order valence-electron chi connectivity index (χ2n) is 5.99. The predicted octanol–water partition coefficient (Wildman–Crippen LogP) is 2.88. The Morgan fingerprint density at radius 1 is 1.12 bits per heavy atom. The largest absolute Gasteiger partial charge is 0.508 e. The van der Waals surface area contributed by atoms with Gasteiger partial charge in [0, 0.05) is 23.9 Å². The Labute approximate surface area is 148 Å². The molecule has 0 fully saturated rings. The van der Waals surface area contributed by atoms with Gasteiger partial charge in [0.15, 0.2) is 11.5 Å². The second kappa shape index (κ2) is 6.03. The van der Waals surface area contributed by atoms with E-state index in [1.807, 2.05) is 0 Å². The Morgan fingerprint density at radius 2 is 1.92 bits per heavy atom. The van der Waals surface area contributed by atoms with E-state index in [2.05, 4.69) is 5.16 Å². The summed E-state index contributed by atoms with van der Waals surface area (Å²) in [5.41, 5.74) is 1.82. The van der Waals surface area contributed by atoms with Crippen LogP contribution in [0.3, 0.4) is 0 Å². The molecule has 3 aromatic rings. The number of carbonyl (C=O) groups excluding carboxylic acids is 1. The molecule has 1 aliphatic rings. The zero-order valence-corrected chi connectivity index (χ0v) is 13.5. The smallest absolute Gasteiger partial charge is 0.312 e. The van der Waals surface area contributed by atoms with Gasteiger partial charge in [0.05, 0.1) is 0 Å². The summed E-state index contributed by atoms with van der Waals surface area (Å²) < 4.78 is 5.22. The van der Waals surface area contributed by atoms with Crippen LogP contribution in [-0.4, -0.2) is 33.8 Å². The van der Waals surface area contributed by atoms with Crippen molar-refractivity contribution in [1.29, 1.82) is 0 Å². The number of carboxylic acids is 1. The molecule has 26 heavy (non-hydrogen) atoms. The lowest BCUT2D eigenvalue weighted by Gasteiger charge is -2.15. The third-order valence-corrected chi connectivity index (χ3v) is 4.37. The first-order chi connectivity index (χ1) is 12.5. The Balaban J connectivity index is 1.66. The minimum absolute atomic E-state index is 0.0435. The van der Waals surface area contributed by atoms with Crippen molar-refractivity contribution in [2.24, 2.45) is 0 Å². The Kier molecular flexibility index (Phi) is 3.69. The van der Waals surface area contributed by atoms with E-state index in [0.29, 0.717) is 22.6 Å². The maximum absolute atomic E-state index is 12.9. The van der Waals surface area contributed by atoms with Gasteiger partial charge in [-0.15, -0.1) is 0 Å². The van der Waals surface area contributed by atoms with Crippen LogP contribution in [0.4, 0.5) is 5.69 Å². The van der Waals surface area contributed by atoms with E-state index in [-0.39, 0.29) is 18.0 Å². The van der Waals surface area contributed by atoms with E-state index in [4.69, 9.17) is 4.52 Å². The molecule has 0 spiro atoms. The number of hydrogen-bond acceptors (Lipinski definition) is 5. The van der Waals surface area contributed by atoms with Gasteiger partial charge < -0.3 is 19.6 Å². The fourth-order valence-electron chi connectivity index (χ4n) is 3.12. The van der Waals surface area contributed by atoms with Crippen molar-refractivity contribution in [3.8, 4) is 17.1 Å². The van der Waals surface area contributed by atoms with E-state index >= 15 is 0 Å². The molecular formula is C19H14N2O5. The number of aromatic hydroxyl groups is 1. The molecular weight excluding hydrogens is 336 g/mol. The van der Waals surface area contributed by atoms with Crippen molar-refractivity contribution in [1.82, 2.24) is 5.16 Å². The van der Waals surface area contributed by atoms with Gasteiger partial charge in [-0.2, -0.15) is 0 Å². The van der Waals surface area contributed by atoms with E-state index in [1.54, 1.807) is 36.4 Å². The Morgan fingerprint density at radius 3 is 2.69 bits per heavy atom. The molecule has 1 atom stereocenters. The molecule has 7 heteroatoms. The summed E-state index contributed by atoms with van der Waals surface area (Å²) in [7, 11) is 0. The molecule has 2 aromatic carbocycles. The summed E-state index contributed by atoms with van der Waals surface area (Å²) in [5.74, 6) is -1.77. The zero-order valence-electron chi connectivity index (χ0n) is 13.5. The van der Waals surface area contributed by atoms with Crippen molar-refractivity contribution in [2.75, 3.05) is 11.4 Å². The highest BCUT2D eigenvalue weighted by atomic mass is 16.5. The van der Waals surface area contributed by atoms with E-state index in [0.717, 1.165) is 0 Å². The number of nitrogens with zero attached hydrogens (tertiary/aromatic N) is 2. The topological polar surface area (TPSA) is 104 Å². The molecule has 4 rings (SSSR count). The Hall–Kier alpha value is -3.61. The average molecular weight is 350 g/mol. The molecule has 0 saturated carbocycles. The molecule has 1 amide bonds. The highest BCUT2D eigenvalue weighted by Gasteiger charge is 2.37. The number of anilines is 1. The molecule has 1 aliphatic heterocycles. The van der Waals surface area contributed by atoms with Gasteiger partial charge in [0.1, 0.15) is 11.7 Å². The quantitative estimate of drug-likeness (QED) is 0.753. The summed E-state index contributed by atoms with van der Waals surface area (Å²) in [6, 6.07) is 14.8. The van der Waals surface area contributed by atoms with Crippen LogP contribution in [0.5, 0.6) is 5.75 Å². The van der Waals surface area contributed by atoms with Crippen LogP contribution < -0.4 is 4.90 Å². The van der Waals surface area contributed by atoms with Crippen molar-refractivity contribution in [3.05, 3.63) is 65.9 Å². The summed E-state index contributed by atoms with van der Waals surface area (Å²) in [4.78, 5) is 25.7. The van der Waals surface area contributed by atoms with E-state index in [9.17, 15) is 19.8 Å². The number of phenolic OH excluding ortho intramolecular Hbond substituents is 1. The minimum atomic E-state index is -0.978. The van der Waals surface area contributed by atoms with Crippen molar-refractivity contribution in [3.63, 3.8) is 0 Å². The van der Waals surface area contributed by atoms with Crippen molar-refractivity contribution < 1.29 is 24.3 Å². The maximum atomic E-state index is 12.9. The number of fused-ring (bicyclic) bond motifs is 1. The molecule has 130 valence electrons. The van der Waals surface area contributed by atoms with Crippen LogP contribution in [-0.2, 0) is 4.79 Å². The molecule has 0 radical (unpaired) electrons. The number of rotatable bonds is 3. The van der Waals surface area contributed by atoms with Gasteiger partial charge in [-0.25, -0.2) is 0 Å². The molecule has 0 aliphatic carbocycles. The number of aliphatic carboxylic acids is 1. The fraction of sp³-hybridized carbons (Fsp3) is 0.105. The normalized spacial score (nSPS) is 15.7. The highest BCUT2D eigenvalue weighted by molar-refractivity contribution is 6.08. The summed E-state index contributed by atoms with van der Waals surface area (Å²) in [6.45, 7) is 0.0435. The first-order valence-corrected chi connectivity index (χ1v) is 7.94. The predicted molar refractivity (Wildman–Crippen MR) is 92.1 cm³/mol. The number of amides is 1. The summed E-state index contributed by atoms with van der Waals surface area (Å²) in [6.07, 6.45) is 0. The molecule has 0 saturated heterocycles. The fourth-order valence-corrected chi connectivity index (χ4v) is 3.12. The molecule has 2 heterocycles. The van der Waals surface area contributed by atoms with Crippen molar-refractivity contribution in [2.45, 2.75) is 5.92 Å². The minimum Gasteiger partial charge on any atom is -0.508 e. The molecule has 1 unspecified atom stereocenters. The lowest BCUT2D eigenvalue weighted by molar-refractivity contribution is -0.138. The van der Waals surface area contributed by atoms with Gasteiger partial charge in [0.2, 0.25) is 0 Å². The van der Waals surface area contributed by atoms with Crippen LogP contribution in [0, 0.1) is 0 Å². The maximum Gasteiger partial charge on any atom is 0.312 e.